The van der Waals surface area contributed by atoms with E-state index in [0.29, 0.717) is 17.8 Å². The topological polar surface area (TPSA) is 65.5 Å². The lowest BCUT2D eigenvalue weighted by Gasteiger charge is -2.24. The van der Waals surface area contributed by atoms with E-state index in [-0.39, 0.29) is 35.3 Å². The van der Waals surface area contributed by atoms with E-state index in [9.17, 15) is 4.79 Å². The number of rotatable bonds is 5. The zero-order valence-corrected chi connectivity index (χ0v) is 17.6. The van der Waals surface area contributed by atoms with Crippen LogP contribution in [0.25, 0.3) is 0 Å². The first-order valence-corrected chi connectivity index (χ1v) is 8.62. The molecule has 0 aromatic carbocycles. The minimum absolute atomic E-state index is 0. The smallest absolute Gasteiger partial charge is 0.225 e. The predicted molar refractivity (Wildman–Crippen MR) is 107 cm³/mol. The Morgan fingerprint density at radius 3 is 2.36 bits per heavy atom. The third-order valence-electron chi connectivity index (χ3n) is 3.54. The molecular formula is C15H31IN4OS. The molecule has 1 unspecified atom stereocenters. The molecular weight excluding hydrogens is 411 g/mol. The van der Waals surface area contributed by atoms with Crippen LogP contribution >= 0.6 is 35.7 Å². The molecule has 1 heterocycles. The first-order chi connectivity index (χ1) is 9.77. The van der Waals surface area contributed by atoms with Gasteiger partial charge in [0.1, 0.15) is 0 Å². The summed E-state index contributed by atoms with van der Waals surface area (Å²) in [6, 6.07) is 0. The Kier molecular flexibility index (Phi) is 9.77. The lowest BCUT2D eigenvalue weighted by Crippen LogP contribution is -2.46. The van der Waals surface area contributed by atoms with E-state index in [2.05, 4.69) is 27.9 Å². The molecule has 1 saturated heterocycles. The van der Waals surface area contributed by atoms with Crippen LogP contribution in [0.4, 0.5) is 0 Å². The van der Waals surface area contributed by atoms with Gasteiger partial charge in [-0.2, -0.15) is 11.8 Å². The third kappa shape index (κ3) is 7.89. The Labute approximate surface area is 156 Å². The van der Waals surface area contributed by atoms with Crippen LogP contribution in [-0.4, -0.2) is 49.0 Å². The quantitative estimate of drug-likeness (QED) is 0.265. The summed E-state index contributed by atoms with van der Waals surface area (Å²) in [5, 5.41) is 9.53. The fourth-order valence-electron chi connectivity index (χ4n) is 2.09. The van der Waals surface area contributed by atoms with E-state index in [1.54, 1.807) is 7.05 Å². The number of carbonyl (C=O) groups is 1. The van der Waals surface area contributed by atoms with Crippen LogP contribution in [0.5, 0.6) is 0 Å². The lowest BCUT2D eigenvalue weighted by molar-refractivity contribution is -0.128. The number of hydrogen-bond acceptors (Lipinski definition) is 3. The van der Waals surface area contributed by atoms with Crippen molar-refractivity contribution in [1.29, 1.82) is 0 Å². The van der Waals surface area contributed by atoms with Crippen LogP contribution in [0.2, 0.25) is 0 Å². The van der Waals surface area contributed by atoms with E-state index in [1.165, 1.54) is 18.6 Å². The highest BCUT2D eigenvalue weighted by atomic mass is 127. The lowest BCUT2D eigenvalue weighted by atomic mass is 9.96. The van der Waals surface area contributed by atoms with Crippen LogP contribution in [0.1, 0.15) is 40.5 Å². The minimum Gasteiger partial charge on any atom is -0.355 e. The number of amides is 1. The largest absolute Gasteiger partial charge is 0.355 e. The van der Waals surface area contributed by atoms with E-state index in [0.717, 1.165) is 12.5 Å². The molecule has 3 N–H and O–H groups in total. The monoisotopic (exact) mass is 442 g/mol. The van der Waals surface area contributed by atoms with Gasteiger partial charge in [0.15, 0.2) is 5.96 Å². The maximum Gasteiger partial charge on any atom is 0.225 e. The Hall–Kier alpha value is -0.180. The van der Waals surface area contributed by atoms with Gasteiger partial charge in [0.05, 0.1) is 0 Å². The fraction of sp³-hybridized carbons (Fsp3) is 0.867. The van der Waals surface area contributed by atoms with E-state index in [4.69, 9.17) is 0 Å². The van der Waals surface area contributed by atoms with Crippen molar-refractivity contribution < 1.29 is 4.79 Å². The summed E-state index contributed by atoms with van der Waals surface area (Å²) in [7, 11) is 1.77. The van der Waals surface area contributed by atoms with Gasteiger partial charge in [0.2, 0.25) is 5.91 Å². The van der Waals surface area contributed by atoms with Gasteiger partial charge in [-0.05, 0) is 25.5 Å². The summed E-state index contributed by atoms with van der Waals surface area (Å²) in [6.45, 7) is 10.2. The van der Waals surface area contributed by atoms with Gasteiger partial charge < -0.3 is 16.0 Å². The number of carbonyl (C=O) groups excluding carboxylic acids is 1. The molecule has 0 aliphatic carbocycles. The average molecular weight is 442 g/mol. The van der Waals surface area contributed by atoms with Crippen molar-refractivity contribution in [2.24, 2.45) is 10.4 Å². The van der Waals surface area contributed by atoms with Gasteiger partial charge in [-0.15, -0.1) is 24.0 Å². The van der Waals surface area contributed by atoms with Crippen molar-refractivity contribution >= 4 is 47.6 Å². The van der Waals surface area contributed by atoms with Crippen LogP contribution in [-0.2, 0) is 4.79 Å². The van der Waals surface area contributed by atoms with E-state index < -0.39 is 0 Å². The SMILES string of the molecule is CN=C(NCCNC(=O)C(C)(C)C)NCC1(C)CCCS1.I. The molecule has 1 amide bonds. The summed E-state index contributed by atoms with van der Waals surface area (Å²) >= 11 is 2.03. The molecule has 0 aromatic heterocycles. The zero-order chi connectivity index (χ0) is 15.9. The number of halogens is 1. The first-order valence-electron chi connectivity index (χ1n) is 7.64. The normalized spacial score (nSPS) is 22.0. The summed E-state index contributed by atoms with van der Waals surface area (Å²) in [5.74, 6) is 2.12. The number of thioether (sulfide) groups is 1. The first kappa shape index (κ1) is 21.8. The Morgan fingerprint density at radius 2 is 1.86 bits per heavy atom. The van der Waals surface area contributed by atoms with Crippen molar-refractivity contribution in [3.63, 3.8) is 0 Å². The van der Waals surface area contributed by atoms with Gasteiger partial charge in [0.25, 0.3) is 0 Å². The Bertz CT molecular complexity index is 376. The van der Waals surface area contributed by atoms with Crippen molar-refractivity contribution in [2.75, 3.05) is 32.4 Å². The van der Waals surface area contributed by atoms with Gasteiger partial charge in [-0.3, -0.25) is 9.79 Å². The van der Waals surface area contributed by atoms with Gasteiger partial charge in [0, 0.05) is 36.8 Å². The minimum atomic E-state index is -0.339. The molecule has 5 nitrogen and oxygen atoms in total. The molecule has 7 heteroatoms. The Morgan fingerprint density at radius 1 is 1.23 bits per heavy atom. The molecule has 1 aliphatic heterocycles. The second-order valence-electron chi connectivity index (χ2n) is 6.76. The highest BCUT2D eigenvalue weighted by molar-refractivity contribution is 14.0. The fourth-order valence-corrected chi connectivity index (χ4v) is 3.33. The van der Waals surface area contributed by atoms with Crippen molar-refractivity contribution in [2.45, 2.75) is 45.3 Å². The van der Waals surface area contributed by atoms with Crippen molar-refractivity contribution in [1.82, 2.24) is 16.0 Å². The molecule has 0 radical (unpaired) electrons. The number of hydrogen-bond donors (Lipinski definition) is 3. The molecule has 1 rings (SSSR count). The molecule has 1 atom stereocenters. The molecule has 1 fully saturated rings. The number of guanidine groups is 1. The molecule has 1 aliphatic rings. The number of aliphatic imine (C=N–C) groups is 1. The third-order valence-corrected chi connectivity index (χ3v) is 5.08. The van der Waals surface area contributed by atoms with E-state index in [1.807, 2.05) is 32.5 Å². The van der Waals surface area contributed by atoms with Crippen LogP contribution in [0, 0.1) is 5.41 Å². The Balaban J connectivity index is 0.00000441. The van der Waals surface area contributed by atoms with Crippen molar-refractivity contribution in [3.05, 3.63) is 0 Å². The highest BCUT2D eigenvalue weighted by Crippen LogP contribution is 2.36. The second kappa shape index (κ2) is 9.85. The van der Waals surface area contributed by atoms with Crippen LogP contribution in [0.15, 0.2) is 4.99 Å². The second-order valence-corrected chi connectivity index (χ2v) is 8.44. The van der Waals surface area contributed by atoms with Crippen LogP contribution in [0.3, 0.4) is 0 Å². The van der Waals surface area contributed by atoms with Gasteiger partial charge >= 0.3 is 0 Å². The maximum absolute atomic E-state index is 11.7. The van der Waals surface area contributed by atoms with E-state index >= 15 is 0 Å². The molecule has 0 aromatic rings. The summed E-state index contributed by atoms with van der Waals surface area (Å²) < 4.78 is 0.318. The molecule has 130 valence electrons. The molecule has 0 saturated carbocycles. The number of nitrogens with zero attached hydrogens (tertiary/aromatic N) is 1. The summed E-state index contributed by atoms with van der Waals surface area (Å²) in [6.07, 6.45) is 2.55. The zero-order valence-electron chi connectivity index (χ0n) is 14.4. The molecule has 22 heavy (non-hydrogen) atoms. The average Bonchev–Trinajstić information content (AvgIpc) is 2.84. The standard InChI is InChI=1S/C15H30N4OS.HI/c1-14(2,3)12(20)17-8-9-18-13(16-5)19-11-15(4)7-6-10-21-15;/h6-11H2,1-5H3,(H,17,20)(H2,16,18,19);1H. The molecule has 0 bridgehead atoms. The maximum atomic E-state index is 11.7. The molecule has 0 spiro atoms. The van der Waals surface area contributed by atoms with Gasteiger partial charge in [-0.1, -0.05) is 20.8 Å². The van der Waals surface area contributed by atoms with Crippen LogP contribution < -0.4 is 16.0 Å². The highest BCUT2D eigenvalue weighted by Gasteiger charge is 2.29. The summed E-state index contributed by atoms with van der Waals surface area (Å²) in [5.41, 5.74) is -0.339. The summed E-state index contributed by atoms with van der Waals surface area (Å²) in [4.78, 5) is 16.0. The van der Waals surface area contributed by atoms with Crippen molar-refractivity contribution in [3.8, 4) is 0 Å². The number of nitrogens with one attached hydrogen (secondary N) is 3. The predicted octanol–water partition coefficient (Wildman–Crippen LogP) is 2.22. The van der Waals surface area contributed by atoms with Gasteiger partial charge in [-0.25, -0.2) is 0 Å².